The highest BCUT2D eigenvalue weighted by atomic mass is 35.5. The summed E-state index contributed by atoms with van der Waals surface area (Å²) in [7, 11) is 1.53. The topological polar surface area (TPSA) is 101 Å². The molecular formula is C31H35ClN4O4. The molecule has 1 unspecified atom stereocenters. The van der Waals surface area contributed by atoms with Gasteiger partial charge >= 0.3 is 0 Å². The van der Waals surface area contributed by atoms with Crippen LogP contribution in [0.4, 0.5) is 11.5 Å². The van der Waals surface area contributed by atoms with Crippen LogP contribution in [0.1, 0.15) is 63.0 Å². The summed E-state index contributed by atoms with van der Waals surface area (Å²) in [6.07, 6.45) is 7.17. The minimum absolute atomic E-state index is 0.0501. The van der Waals surface area contributed by atoms with E-state index in [-0.39, 0.29) is 36.6 Å². The molecule has 0 saturated heterocycles. The highest BCUT2D eigenvalue weighted by molar-refractivity contribution is 6.30. The Bertz CT molecular complexity index is 1280. The smallest absolute Gasteiger partial charge is 0.248 e. The van der Waals surface area contributed by atoms with Crippen molar-refractivity contribution in [2.45, 2.75) is 63.5 Å². The maximum Gasteiger partial charge on any atom is 0.248 e. The predicted octanol–water partition coefficient (Wildman–Crippen LogP) is 6.08. The number of para-hydroxylation sites is 2. The first kappa shape index (κ1) is 29.1. The zero-order chi connectivity index (χ0) is 28.3. The molecule has 1 aromatic heterocycles. The molecule has 1 heterocycles. The predicted molar refractivity (Wildman–Crippen MR) is 156 cm³/mol. The largest absolute Gasteiger partial charge is 0.495 e. The monoisotopic (exact) mass is 562 g/mol. The van der Waals surface area contributed by atoms with Gasteiger partial charge in [0.05, 0.1) is 12.8 Å². The number of nitrogens with zero attached hydrogens (tertiary/aromatic N) is 2. The first-order chi connectivity index (χ1) is 19.5. The van der Waals surface area contributed by atoms with E-state index in [9.17, 15) is 14.4 Å². The van der Waals surface area contributed by atoms with Gasteiger partial charge in [-0.25, -0.2) is 4.98 Å². The van der Waals surface area contributed by atoms with Gasteiger partial charge in [-0.05, 0) is 61.2 Å². The molecule has 1 aliphatic rings. The third kappa shape index (κ3) is 7.82. The van der Waals surface area contributed by atoms with Gasteiger partial charge in [-0.15, -0.1) is 0 Å². The highest BCUT2D eigenvalue weighted by Gasteiger charge is 2.35. The Morgan fingerprint density at radius 1 is 0.975 bits per heavy atom. The third-order valence-corrected chi connectivity index (χ3v) is 7.24. The minimum Gasteiger partial charge on any atom is -0.495 e. The lowest BCUT2D eigenvalue weighted by Gasteiger charge is -2.34. The number of methoxy groups -OCH3 is 1. The van der Waals surface area contributed by atoms with Gasteiger partial charge in [0.15, 0.2) is 0 Å². The molecule has 210 valence electrons. The van der Waals surface area contributed by atoms with Gasteiger partial charge in [-0.3, -0.25) is 19.3 Å². The van der Waals surface area contributed by atoms with Crippen molar-refractivity contribution in [1.29, 1.82) is 0 Å². The number of nitrogens with one attached hydrogen (secondary N) is 2. The molecule has 2 N–H and O–H groups in total. The molecule has 2 aromatic carbocycles. The van der Waals surface area contributed by atoms with E-state index in [1.165, 1.54) is 12.0 Å². The number of ether oxygens (including phenoxy) is 1. The van der Waals surface area contributed by atoms with Crippen LogP contribution in [-0.2, 0) is 14.4 Å². The molecule has 3 amide bonds. The Morgan fingerprint density at radius 3 is 2.40 bits per heavy atom. The molecule has 0 radical (unpaired) electrons. The summed E-state index contributed by atoms with van der Waals surface area (Å²) in [5, 5.41) is 6.47. The average molecular weight is 563 g/mol. The van der Waals surface area contributed by atoms with Crippen LogP contribution in [0.5, 0.6) is 5.75 Å². The normalized spacial score (nSPS) is 14.2. The Kier molecular flexibility index (Phi) is 10.5. The molecule has 0 bridgehead atoms. The third-order valence-electron chi connectivity index (χ3n) is 6.98. The molecule has 1 fully saturated rings. The number of amides is 3. The van der Waals surface area contributed by atoms with Gasteiger partial charge in [-0.2, -0.15) is 0 Å². The van der Waals surface area contributed by atoms with Crippen LogP contribution in [-0.4, -0.2) is 35.9 Å². The highest BCUT2D eigenvalue weighted by Crippen LogP contribution is 2.36. The van der Waals surface area contributed by atoms with Crippen LogP contribution in [0, 0.1) is 0 Å². The fraction of sp³-hybridized carbons (Fsp3) is 0.355. The fourth-order valence-corrected chi connectivity index (χ4v) is 5.12. The molecule has 0 spiro atoms. The van der Waals surface area contributed by atoms with Crippen molar-refractivity contribution in [3.8, 4) is 5.75 Å². The maximum absolute atomic E-state index is 14.0. The van der Waals surface area contributed by atoms with Gasteiger partial charge < -0.3 is 15.4 Å². The second kappa shape index (κ2) is 14.5. The van der Waals surface area contributed by atoms with Gasteiger partial charge in [0, 0.05) is 30.1 Å². The van der Waals surface area contributed by atoms with E-state index in [1.54, 1.807) is 66.9 Å². The molecule has 0 aliphatic heterocycles. The molecular weight excluding hydrogens is 528 g/mol. The van der Waals surface area contributed by atoms with Crippen LogP contribution in [0.25, 0.3) is 0 Å². The summed E-state index contributed by atoms with van der Waals surface area (Å²) >= 11 is 6.17. The first-order valence-electron chi connectivity index (χ1n) is 13.7. The van der Waals surface area contributed by atoms with Crippen molar-refractivity contribution >= 4 is 40.8 Å². The Labute approximate surface area is 240 Å². The van der Waals surface area contributed by atoms with E-state index in [1.807, 2.05) is 6.07 Å². The van der Waals surface area contributed by atoms with Crippen molar-refractivity contribution in [2.24, 2.45) is 0 Å². The summed E-state index contributed by atoms with van der Waals surface area (Å²) in [6, 6.07) is 18.5. The average Bonchev–Trinajstić information content (AvgIpc) is 2.97. The lowest BCUT2D eigenvalue weighted by molar-refractivity contribution is -0.127. The number of halogens is 1. The Hall–Kier alpha value is -3.91. The zero-order valence-electron chi connectivity index (χ0n) is 22.6. The zero-order valence-corrected chi connectivity index (χ0v) is 23.4. The van der Waals surface area contributed by atoms with E-state index < -0.39 is 6.04 Å². The molecule has 9 heteroatoms. The number of rotatable bonds is 11. The van der Waals surface area contributed by atoms with Crippen LogP contribution in [0.3, 0.4) is 0 Å². The van der Waals surface area contributed by atoms with Gasteiger partial charge in [0.2, 0.25) is 17.7 Å². The number of carbonyl (C=O) groups is 3. The maximum atomic E-state index is 14.0. The summed E-state index contributed by atoms with van der Waals surface area (Å²) in [5.74, 6) is 0.125. The molecule has 1 aliphatic carbocycles. The summed E-state index contributed by atoms with van der Waals surface area (Å²) in [5.41, 5.74) is 1.11. The summed E-state index contributed by atoms with van der Waals surface area (Å²) in [4.78, 5) is 46.0. The number of carbonyl (C=O) groups excluding carboxylic acids is 3. The molecule has 3 aromatic rings. The van der Waals surface area contributed by atoms with Crippen molar-refractivity contribution in [1.82, 2.24) is 10.3 Å². The van der Waals surface area contributed by atoms with Crippen LogP contribution < -0.4 is 20.3 Å². The van der Waals surface area contributed by atoms with E-state index in [2.05, 4.69) is 15.6 Å². The van der Waals surface area contributed by atoms with Gasteiger partial charge in [-0.1, -0.05) is 61.2 Å². The first-order valence-corrected chi connectivity index (χ1v) is 14.1. The number of anilines is 2. The number of hydrogen-bond donors (Lipinski definition) is 2. The van der Waals surface area contributed by atoms with Crippen molar-refractivity contribution in [2.75, 3.05) is 17.3 Å². The molecule has 1 saturated carbocycles. The van der Waals surface area contributed by atoms with Crippen molar-refractivity contribution in [3.05, 3.63) is 83.5 Å². The van der Waals surface area contributed by atoms with Crippen LogP contribution in [0.15, 0.2) is 72.9 Å². The van der Waals surface area contributed by atoms with E-state index in [0.717, 1.165) is 32.1 Å². The minimum atomic E-state index is -0.953. The number of pyridine rings is 1. The van der Waals surface area contributed by atoms with E-state index in [4.69, 9.17) is 16.3 Å². The summed E-state index contributed by atoms with van der Waals surface area (Å²) < 4.78 is 5.60. The second-order valence-electron chi connectivity index (χ2n) is 9.85. The fourth-order valence-electron chi connectivity index (χ4n) is 5.00. The molecule has 1 atom stereocenters. The molecule has 8 nitrogen and oxygen atoms in total. The quantitative estimate of drug-likeness (QED) is 0.295. The Balaban J connectivity index is 1.60. The number of hydrogen-bond acceptors (Lipinski definition) is 5. The van der Waals surface area contributed by atoms with Gasteiger partial charge in [0.1, 0.15) is 17.6 Å². The second-order valence-corrected chi connectivity index (χ2v) is 10.3. The standard InChI is InChI=1S/C31H35ClN4O4/c1-40-26-13-6-5-12-25(26)36(29(38)16-9-15-28(37)35-27-14-7-8-21-33-27)30(22-17-19-23(32)20-18-22)31(39)34-24-10-3-2-4-11-24/h5-8,12-14,17-21,24,30H,2-4,9-11,15-16H2,1H3,(H,34,39)(H,33,35,37). The van der Waals surface area contributed by atoms with E-state index >= 15 is 0 Å². The number of benzene rings is 2. The van der Waals surface area contributed by atoms with Crippen molar-refractivity contribution in [3.63, 3.8) is 0 Å². The summed E-state index contributed by atoms with van der Waals surface area (Å²) in [6.45, 7) is 0. The van der Waals surface area contributed by atoms with Crippen LogP contribution >= 0.6 is 11.6 Å². The van der Waals surface area contributed by atoms with Gasteiger partial charge in [0.25, 0.3) is 0 Å². The lowest BCUT2D eigenvalue weighted by atomic mass is 9.94. The molecule has 40 heavy (non-hydrogen) atoms. The van der Waals surface area contributed by atoms with E-state index in [0.29, 0.717) is 34.3 Å². The Morgan fingerprint density at radius 2 is 1.70 bits per heavy atom. The van der Waals surface area contributed by atoms with Crippen LogP contribution in [0.2, 0.25) is 5.02 Å². The SMILES string of the molecule is COc1ccccc1N(C(=O)CCCC(=O)Nc1ccccn1)C(C(=O)NC1CCCCC1)c1ccc(Cl)cc1. The number of aromatic nitrogens is 1. The lowest BCUT2D eigenvalue weighted by Crippen LogP contribution is -2.47. The molecule has 4 rings (SSSR count). The van der Waals surface area contributed by atoms with Crippen molar-refractivity contribution < 1.29 is 19.1 Å².